The number of aryl methyl sites for hydroxylation is 2. The Kier molecular flexibility index (Phi) is 5.67. The van der Waals surface area contributed by atoms with Crippen molar-refractivity contribution in [2.24, 2.45) is 11.8 Å². The van der Waals surface area contributed by atoms with Gasteiger partial charge in [0.2, 0.25) is 0 Å². The maximum Gasteiger partial charge on any atom is 0.166 e. The third-order valence-corrected chi connectivity index (χ3v) is 6.10. The lowest BCUT2D eigenvalue weighted by Crippen LogP contribution is -2.28. The molecular formula is C26H26FNO2. The van der Waals surface area contributed by atoms with Crippen molar-refractivity contribution < 1.29 is 14.0 Å². The van der Waals surface area contributed by atoms with Crippen LogP contribution in [0.15, 0.2) is 66.5 Å². The second-order valence-electron chi connectivity index (χ2n) is 8.38. The molecular weight excluding hydrogens is 377 g/mol. The van der Waals surface area contributed by atoms with Gasteiger partial charge in [-0.25, -0.2) is 4.39 Å². The molecule has 0 aromatic heterocycles. The fourth-order valence-electron chi connectivity index (χ4n) is 4.47. The maximum atomic E-state index is 13.1. The van der Waals surface area contributed by atoms with Crippen LogP contribution < -0.4 is 0 Å². The highest BCUT2D eigenvalue weighted by molar-refractivity contribution is 6.00. The number of allylic oxidation sites excluding steroid dienone is 2. The lowest BCUT2D eigenvalue weighted by Gasteiger charge is -2.30. The molecule has 4 heteroatoms. The van der Waals surface area contributed by atoms with Crippen LogP contribution in [0.4, 0.5) is 4.39 Å². The van der Waals surface area contributed by atoms with Gasteiger partial charge >= 0.3 is 0 Å². The van der Waals surface area contributed by atoms with Crippen LogP contribution in [-0.2, 0) is 17.8 Å². The molecule has 1 aliphatic carbocycles. The van der Waals surface area contributed by atoms with Gasteiger partial charge in [0.15, 0.2) is 11.6 Å². The fourth-order valence-corrected chi connectivity index (χ4v) is 4.47. The lowest BCUT2D eigenvalue weighted by atomic mass is 9.76. The summed E-state index contributed by atoms with van der Waals surface area (Å²) in [6.07, 6.45) is 8.24. The highest BCUT2D eigenvalue weighted by Gasteiger charge is 2.31. The van der Waals surface area contributed by atoms with Gasteiger partial charge in [-0.3, -0.25) is 9.59 Å². The molecule has 30 heavy (non-hydrogen) atoms. The van der Waals surface area contributed by atoms with Crippen molar-refractivity contribution >= 4 is 11.6 Å². The number of ketones is 2. The third kappa shape index (κ3) is 4.28. The van der Waals surface area contributed by atoms with Gasteiger partial charge in [0, 0.05) is 41.9 Å². The van der Waals surface area contributed by atoms with E-state index in [0.717, 1.165) is 35.1 Å². The summed E-state index contributed by atoms with van der Waals surface area (Å²) in [5.74, 6) is -0.176. The molecule has 0 saturated heterocycles. The molecule has 2 aliphatic rings. The highest BCUT2D eigenvalue weighted by Crippen LogP contribution is 2.34. The van der Waals surface area contributed by atoms with Gasteiger partial charge in [-0.15, -0.1) is 0 Å². The first-order valence-corrected chi connectivity index (χ1v) is 10.5. The summed E-state index contributed by atoms with van der Waals surface area (Å²) in [6, 6.07) is 12.4. The van der Waals surface area contributed by atoms with Crippen molar-refractivity contribution in [3.8, 4) is 0 Å². The van der Waals surface area contributed by atoms with Crippen LogP contribution >= 0.6 is 0 Å². The number of Topliss-reactive ketones (excluding diaryl/α,β-unsaturated/α-hetero) is 2. The first-order chi connectivity index (χ1) is 14.4. The standard InChI is InChI=1S/C26H26FNO2/c1-17-3-10-24-20(13-17)6-7-22(26(24)30)14-21-11-12-28(16-25(21)18(2)29)15-19-4-8-23(27)9-5-19/h3-5,8-13,16,21-22H,6-7,14-15H2,1-2H3. The van der Waals surface area contributed by atoms with Crippen LogP contribution in [0.2, 0.25) is 0 Å². The van der Waals surface area contributed by atoms with Crippen molar-refractivity contribution in [3.63, 3.8) is 0 Å². The molecule has 2 unspecified atom stereocenters. The molecule has 154 valence electrons. The van der Waals surface area contributed by atoms with Crippen LogP contribution in [0.25, 0.3) is 0 Å². The molecule has 0 amide bonds. The van der Waals surface area contributed by atoms with Gasteiger partial charge in [-0.05, 0) is 56.4 Å². The van der Waals surface area contributed by atoms with E-state index in [2.05, 4.69) is 6.07 Å². The number of hydrogen-bond acceptors (Lipinski definition) is 3. The third-order valence-electron chi connectivity index (χ3n) is 6.10. The van der Waals surface area contributed by atoms with Gasteiger partial charge in [0.1, 0.15) is 5.82 Å². The Hall–Kier alpha value is -3.01. The smallest absolute Gasteiger partial charge is 0.166 e. The number of halogens is 1. The summed E-state index contributed by atoms with van der Waals surface area (Å²) in [5.41, 5.74) is 4.85. The molecule has 0 N–H and O–H groups in total. The molecule has 3 nitrogen and oxygen atoms in total. The number of hydrogen-bond donors (Lipinski definition) is 0. The van der Waals surface area contributed by atoms with E-state index in [9.17, 15) is 14.0 Å². The molecule has 4 rings (SSSR count). The summed E-state index contributed by atoms with van der Waals surface area (Å²) in [7, 11) is 0. The van der Waals surface area contributed by atoms with E-state index in [0.29, 0.717) is 13.0 Å². The summed E-state index contributed by atoms with van der Waals surface area (Å²) in [5, 5.41) is 0. The Labute approximate surface area is 176 Å². The van der Waals surface area contributed by atoms with E-state index < -0.39 is 0 Å². The van der Waals surface area contributed by atoms with Crippen LogP contribution in [-0.4, -0.2) is 16.5 Å². The van der Waals surface area contributed by atoms with Crippen molar-refractivity contribution in [1.82, 2.24) is 4.90 Å². The molecule has 1 heterocycles. The molecule has 1 aliphatic heterocycles. The van der Waals surface area contributed by atoms with Gasteiger partial charge in [0.25, 0.3) is 0 Å². The number of benzene rings is 2. The van der Waals surface area contributed by atoms with E-state index >= 15 is 0 Å². The summed E-state index contributed by atoms with van der Waals surface area (Å²) >= 11 is 0. The zero-order valence-electron chi connectivity index (χ0n) is 17.4. The van der Waals surface area contributed by atoms with Crippen molar-refractivity contribution in [3.05, 3.63) is 94.6 Å². The van der Waals surface area contributed by atoms with Crippen molar-refractivity contribution in [2.45, 2.75) is 39.7 Å². The molecule has 2 atom stereocenters. The Balaban J connectivity index is 1.49. The van der Waals surface area contributed by atoms with Crippen LogP contribution in [0.5, 0.6) is 0 Å². The molecule has 0 saturated carbocycles. The quantitative estimate of drug-likeness (QED) is 0.672. The minimum Gasteiger partial charge on any atom is -0.350 e. The van der Waals surface area contributed by atoms with Crippen molar-refractivity contribution in [1.29, 1.82) is 0 Å². The van der Waals surface area contributed by atoms with Crippen molar-refractivity contribution in [2.75, 3.05) is 0 Å². The Morgan fingerprint density at radius 3 is 2.67 bits per heavy atom. The largest absolute Gasteiger partial charge is 0.350 e. The van der Waals surface area contributed by atoms with Crippen LogP contribution in [0.3, 0.4) is 0 Å². The topological polar surface area (TPSA) is 37.4 Å². The first-order valence-electron chi connectivity index (χ1n) is 10.5. The number of carbonyl (C=O) groups excluding carboxylic acids is 2. The second-order valence-corrected chi connectivity index (χ2v) is 8.38. The predicted octanol–water partition coefficient (Wildman–Crippen LogP) is 5.39. The SMILES string of the molecule is CC(=O)C1=CN(Cc2ccc(F)cc2)C=CC1CC1CCc2cc(C)ccc2C1=O. The fraction of sp³-hybridized carbons (Fsp3) is 0.308. The molecule has 0 spiro atoms. The van der Waals surface area contributed by atoms with Gasteiger partial charge in [-0.1, -0.05) is 42.0 Å². The van der Waals surface area contributed by atoms with E-state index in [-0.39, 0.29) is 29.2 Å². The number of rotatable bonds is 5. The zero-order valence-corrected chi connectivity index (χ0v) is 17.4. The summed E-state index contributed by atoms with van der Waals surface area (Å²) in [6.45, 7) is 4.19. The monoisotopic (exact) mass is 403 g/mol. The average Bonchev–Trinajstić information content (AvgIpc) is 2.72. The second kappa shape index (κ2) is 8.39. The minimum absolute atomic E-state index is 0.0211. The molecule has 0 radical (unpaired) electrons. The van der Waals surface area contributed by atoms with Gasteiger partial charge in [-0.2, -0.15) is 0 Å². The Morgan fingerprint density at radius 2 is 1.93 bits per heavy atom. The maximum absolute atomic E-state index is 13.1. The van der Waals surface area contributed by atoms with E-state index in [4.69, 9.17) is 0 Å². The van der Waals surface area contributed by atoms with E-state index in [1.54, 1.807) is 19.1 Å². The zero-order chi connectivity index (χ0) is 21.3. The number of carbonyl (C=O) groups is 2. The summed E-state index contributed by atoms with van der Waals surface area (Å²) < 4.78 is 13.1. The van der Waals surface area contributed by atoms with Gasteiger partial charge < -0.3 is 4.90 Å². The minimum atomic E-state index is -0.262. The van der Waals surface area contributed by atoms with Crippen LogP contribution in [0.1, 0.15) is 46.8 Å². The van der Waals surface area contributed by atoms with E-state index in [1.807, 2.05) is 42.4 Å². The Bertz CT molecular complexity index is 1040. The number of fused-ring (bicyclic) bond motifs is 1. The van der Waals surface area contributed by atoms with Gasteiger partial charge in [0.05, 0.1) is 0 Å². The summed E-state index contributed by atoms with van der Waals surface area (Å²) in [4.78, 5) is 27.3. The molecule has 2 aromatic rings. The molecule has 0 fully saturated rings. The van der Waals surface area contributed by atoms with E-state index in [1.165, 1.54) is 17.7 Å². The van der Waals surface area contributed by atoms with Crippen LogP contribution in [0, 0.1) is 24.6 Å². The highest BCUT2D eigenvalue weighted by atomic mass is 19.1. The Morgan fingerprint density at radius 1 is 1.17 bits per heavy atom. The lowest BCUT2D eigenvalue weighted by molar-refractivity contribution is -0.114. The first kappa shape index (κ1) is 20.3. The number of nitrogens with zero attached hydrogens (tertiary/aromatic N) is 1. The average molecular weight is 403 g/mol. The molecule has 2 aromatic carbocycles. The molecule has 0 bridgehead atoms. The predicted molar refractivity (Wildman–Crippen MR) is 115 cm³/mol. The normalized spacial score (nSPS) is 20.7.